The molecule has 0 aliphatic heterocycles. The number of carbonyl (C=O) groups is 1. The van der Waals surface area contributed by atoms with Crippen LogP contribution in [0.1, 0.15) is 21.5 Å². The predicted molar refractivity (Wildman–Crippen MR) is 93.6 cm³/mol. The van der Waals surface area contributed by atoms with Gasteiger partial charge >= 0.3 is 6.18 Å². The number of benzene rings is 2. The molecular formula is C19H20F3NO4. The number of alkyl halides is 3. The van der Waals surface area contributed by atoms with Crippen molar-refractivity contribution in [1.82, 2.24) is 5.32 Å². The standard InChI is InChI=1S/C19H20F3NO4/c1-12-16(25-2)9-13(10-17(12)26-3)18(24)23-7-8-27-15-6-4-5-14(11-15)19(20,21)22/h4-6,9-11H,7-8H2,1-3H3,(H,23,24). The Labute approximate surface area is 155 Å². The first-order chi connectivity index (χ1) is 12.8. The molecule has 2 aromatic rings. The van der Waals surface area contributed by atoms with E-state index >= 15 is 0 Å². The average Bonchev–Trinajstić information content (AvgIpc) is 2.64. The largest absolute Gasteiger partial charge is 0.496 e. The zero-order valence-corrected chi connectivity index (χ0v) is 15.1. The van der Waals surface area contributed by atoms with Gasteiger partial charge in [-0.15, -0.1) is 0 Å². The first kappa shape index (κ1) is 20.4. The van der Waals surface area contributed by atoms with E-state index in [9.17, 15) is 18.0 Å². The van der Waals surface area contributed by atoms with Crippen molar-refractivity contribution in [3.8, 4) is 17.2 Å². The topological polar surface area (TPSA) is 56.8 Å². The van der Waals surface area contributed by atoms with Gasteiger partial charge in [0.1, 0.15) is 23.9 Å². The van der Waals surface area contributed by atoms with Gasteiger partial charge in [0.05, 0.1) is 26.3 Å². The minimum atomic E-state index is -4.43. The normalized spacial score (nSPS) is 11.0. The Balaban J connectivity index is 1.93. The van der Waals surface area contributed by atoms with Gasteiger partial charge in [-0.1, -0.05) is 6.07 Å². The molecule has 2 rings (SSSR count). The van der Waals surface area contributed by atoms with Crippen LogP contribution in [0.2, 0.25) is 0 Å². The number of amides is 1. The average molecular weight is 383 g/mol. The fourth-order valence-corrected chi connectivity index (χ4v) is 2.41. The molecule has 2 aromatic carbocycles. The molecule has 146 valence electrons. The molecule has 0 atom stereocenters. The molecule has 0 saturated carbocycles. The van der Waals surface area contributed by atoms with Gasteiger partial charge in [-0.25, -0.2) is 0 Å². The number of methoxy groups -OCH3 is 2. The van der Waals surface area contributed by atoms with Gasteiger partial charge < -0.3 is 19.5 Å². The van der Waals surface area contributed by atoms with E-state index in [1.165, 1.54) is 26.4 Å². The first-order valence-corrected chi connectivity index (χ1v) is 8.07. The van der Waals surface area contributed by atoms with Gasteiger partial charge in [-0.3, -0.25) is 4.79 Å². The lowest BCUT2D eigenvalue weighted by molar-refractivity contribution is -0.137. The summed E-state index contributed by atoms with van der Waals surface area (Å²) >= 11 is 0. The van der Waals surface area contributed by atoms with E-state index in [1.54, 1.807) is 12.1 Å². The summed E-state index contributed by atoms with van der Waals surface area (Å²) in [5.74, 6) is 0.733. The Morgan fingerprint density at radius 1 is 1.07 bits per heavy atom. The minimum absolute atomic E-state index is 0.0210. The van der Waals surface area contributed by atoms with Gasteiger partial charge in [-0.2, -0.15) is 13.2 Å². The van der Waals surface area contributed by atoms with E-state index in [2.05, 4.69) is 5.32 Å². The molecule has 1 amide bonds. The molecule has 0 aliphatic rings. The highest BCUT2D eigenvalue weighted by Crippen LogP contribution is 2.31. The van der Waals surface area contributed by atoms with Gasteiger partial charge in [0, 0.05) is 11.1 Å². The van der Waals surface area contributed by atoms with Crippen molar-refractivity contribution in [3.05, 3.63) is 53.1 Å². The highest BCUT2D eigenvalue weighted by atomic mass is 19.4. The molecule has 5 nitrogen and oxygen atoms in total. The predicted octanol–water partition coefficient (Wildman–Crippen LogP) is 3.84. The number of carbonyl (C=O) groups excluding carboxylic acids is 1. The molecule has 0 saturated heterocycles. The number of nitrogens with one attached hydrogen (secondary N) is 1. The maximum absolute atomic E-state index is 12.7. The van der Waals surface area contributed by atoms with E-state index in [4.69, 9.17) is 14.2 Å². The van der Waals surface area contributed by atoms with Crippen LogP contribution in [-0.4, -0.2) is 33.3 Å². The third-order valence-electron chi connectivity index (χ3n) is 3.83. The van der Waals surface area contributed by atoms with E-state index in [0.717, 1.165) is 17.7 Å². The van der Waals surface area contributed by atoms with Crippen molar-refractivity contribution in [2.24, 2.45) is 0 Å². The number of halogens is 3. The second-order valence-corrected chi connectivity index (χ2v) is 5.64. The molecule has 0 heterocycles. The summed E-state index contributed by atoms with van der Waals surface area (Å²) in [4.78, 5) is 12.3. The lowest BCUT2D eigenvalue weighted by Crippen LogP contribution is -2.28. The molecule has 0 bridgehead atoms. The van der Waals surface area contributed by atoms with Crippen LogP contribution in [-0.2, 0) is 6.18 Å². The maximum atomic E-state index is 12.7. The number of rotatable bonds is 7. The molecule has 0 unspecified atom stereocenters. The van der Waals surface area contributed by atoms with Crippen molar-refractivity contribution >= 4 is 5.91 Å². The Morgan fingerprint density at radius 3 is 2.26 bits per heavy atom. The van der Waals surface area contributed by atoms with Crippen LogP contribution in [0.25, 0.3) is 0 Å². The minimum Gasteiger partial charge on any atom is -0.496 e. The molecule has 0 fully saturated rings. The lowest BCUT2D eigenvalue weighted by atomic mass is 10.1. The fraction of sp³-hybridized carbons (Fsp3) is 0.316. The third kappa shape index (κ3) is 5.29. The molecule has 8 heteroatoms. The number of hydrogen-bond donors (Lipinski definition) is 1. The summed E-state index contributed by atoms with van der Waals surface area (Å²) in [6, 6.07) is 7.74. The fourth-order valence-electron chi connectivity index (χ4n) is 2.41. The Morgan fingerprint density at radius 2 is 1.70 bits per heavy atom. The van der Waals surface area contributed by atoms with E-state index < -0.39 is 11.7 Å². The van der Waals surface area contributed by atoms with Crippen LogP contribution in [0.3, 0.4) is 0 Å². The van der Waals surface area contributed by atoms with Gasteiger partial charge in [0.2, 0.25) is 0 Å². The Bertz CT molecular complexity index is 781. The van der Waals surface area contributed by atoms with Gasteiger partial charge in [0.25, 0.3) is 5.91 Å². The Kier molecular flexibility index (Phi) is 6.55. The van der Waals surface area contributed by atoms with E-state index in [1.807, 2.05) is 6.92 Å². The first-order valence-electron chi connectivity index (χ1n) is 8.07. The molecule has 0 spiro atoms. The monoisotopic (exact) mass is 383 g/mol. The summed E-state index contributed by atoms with van der Waals surface area (Å²) in [6.07, 6.45) is -4.43. The van der Waals surface area contributed by atoms with E-state index in [0.29, 0.717) is 17.1 Å². The zero-order chi connectivity index (χ0) is 20.0. The third-order valence-corrected chi connectivity index (χ3v) is 3.83. The second kappa shape index (κ2) is 8.66. The van der Waals surface area contributed by atoms with Crippen LogP contribution in [0.5, 0.6) is 17.2 Å². The summed E-state index contributed by atoms with van der Waals surface area (Å²) < 4.78 is 53.7. The summed E-state index contributed by atoms with van der Waals surface area (Å²) in [7, 11) is 2.98. The quantitative estimate of drug-likeness (QED) is 0.738. The van der Waals surface area contributed by atoms with Gasteiger partial charge in [0.15, 0.2) is 0 Å². The van der Waals surface area contributed by atoms with Crippen molar-refractivity contribution < 1.29 is 32.2 Å². The Hall–Kier alpha value is -2.90. The molecule has 0 aliphatic carbocycles. The van der Waals surface area contributed by atoms with E-state index in [-0.39, 0.29) is 24.8 Å². The lowest BCUT2D eigenvalue weighted by Gasteiger charge is -2.13. The molecule has 27 heavy (non-hydrogen) atoms. The molecule has 0 radical (unpaired) electrons. The van der Waals surface area contributed by atoms with Crippen LogP contribution in [0, 0.1) is 6.92 Å². The smallest absolute Gasteiger partial charge is 0.416 e. The summed E-state index contributed by atoms with van der Waals surface area (Å²) in [5.41, 5.74) is 0.320. The van der Waals surface area contributed by atoms with Crippen LogP contribution >= 0.6 is 0 Å². The van der Waals surface area contributed by atoms with Crippen LogP contribution in [0.15, 0.2) is 36.4 Å². The summed E-state index contributed by atoms with van der Waals surface area (Å²) in [6.45, 7) is 1.95. The highest BCUT2D eigenvalue weighted by molar-refractivity contribution is 5.95. The van der Waals surface area contributed by atoms with Crippen molar-refractivity contribution in [2.75, 3.05) is 27.4 Å². The van der Waals surface area contributed by atoms with Crippen molar-refractivity contribution in [1.29, 1.82) is 0 Å². The van der Waals surface area contributed by atoms with Crippen molar-refractivity contribution in [2.45, 2.75) is 13.1 Å². The molecule has 1 N–H and O–H groups in total. The highest BCUT2D eigenvalue weighted by Gasteiger charge is 2.30. The maximum Gasteiger partial charge on any atom is 0.416 e. The van der Waals surface area contributed by atoms with Crippen LogP contribution < -0.4 is 19.5 Å². The second-order valence-electron chi connectivity index (χ2n) is 5.64. The number of hydrogen-bond acceptors (Lipinski definition) is 4. The molecular weight excluding hydrogens is 363 g/mol. The summed E-state index contributed by atoms with van der Waals surface area (Å²) in [5, 5.41) is 2.64. The SMILES string of the molecule is COc1cc(C(=O)NCCOc2cccc(C(F)(F)F)c2)cc(OC)c1C. The number of ether oxygens (including phenoxy) is 3. The molecule has 0 aromatic heterocycles. The van der Waals surface area contributed by atoms with Crippen molar-refractivity contribution in [3.63, 3.8) is 0 Å². The van der Waals surface area contributed by atoms with Crippen LogP contribution in [0.4, 0.5) is 13.2 Å². The van der Waals surface area contributed by atoms with Gasteiger partial charge in [-0.05, 0) is 37.3 Å². The zero-order valence-electron chi connectivity index (χ0n) is 15.1.